The van der Waals surface area contributed by atoms with E-state index < -0.39 is 0 Å². The quantitative estimate of drug-likeness (QED) is 0.410. The summed E-state index contributed by atoms with van der Waals surface area (Å²) in [5, 5.41) is 7.92. The van der Waals surface area contributed by atoms with Gasteiger partial charge in [-0.25, -0.2) is 4.98 Å². The fraction of sp³-hybridized carbons (Fsp3) is 0.292. The first-order chi connectivity index (χ1) is 14.9. The van der Waals surface area contributed by atoms with Gasteiger partial charge in [0.25, 0.3) is 5.91 Å². The molecule has 0 saturated heterocycles. The number of aromatic nitrogens is 1. The third-order valence-electron chi connectivity index (χ3n) is 4.88. The lowest BCUT2D eigenvalue weighted by Crippen LogP contribution is -2.23. The zero-order valence-electron chi connectivity index (χ0n) is 18.0. The van der Waals surface area contributed by atoms with Gasteiger partial charge in [0.1, 0.15) is 4.34 Å². The molecule has 0 spiro atoms. The van der Waals surface area contributed by atoms with Crippen LogP contribution in [0.3, 0.4) is 0 Å². The lowest BCUT2D eigenvalue weighted by atomic mass is 10.1. The van der Waals surface area contributed by atoms with Gasteiger partial charge in [0.2, 0.25) is 5.91 Å². The van der Waals surface area contributed by atoms with Crippen LogP contribution in [0.1, 0.15) is 47.4 Å². The number of carbonyl (C=O) groups excluding carboxylic acids is 2. The standard InChI is InChI=1S/C24H27N3O2S2/c1-4-16(2)22(28)27-21-7-5-6-19(12-21)13-25-23(29)20-10-8-18(9-11-20)15-31-24-26-17(3)14-30-24/h5-12,14,16H,4,13,15H2,1-3H3,(H,25,29)(H,27,28). The number of hydrogen-bond acceptors (Lipinski definition) is 5. The molecule has 0 bridgehead atoms. The second kappa shape index (κ2) is 11.1. The van der Waals surface area contributed by atoms with E-state index in [1.807, 2.05) is 74.7 Å². The molecule has 1 atom stereocenters. The van der Waals surface area contributed by atoms with Crippen LogP contribution in [0.4, 0.5) is 5.69 Å². The molecule has 2 N–H and O–H groups in total. The lowest BCUT2D eigenvalue weighted by Gasteiger charge is -2.11. The molecule has 162 valence electrons. The molecule has 1 unspecified atom stereocenters. The van der Waals surface area contributed by atoms with E-state index in [0.29, 0.717) is 12.1 Å². The third kappa shape index (κ3) is 6.94. The monoisotopic (exact) mass is 453 g/mol. The Bertz CT molecular complexity index is 1030. The molecule has 1 aromatic heterocycles. The summed E-state index contributed by atoms with van der Waals surface area (Å²) in [4.78, 5) is 29.0. The average Bonchev–Trinajstić information content (AvgIpc) is 3.21. The Labute approximate surface area is 191 Å². The Hall–Kier alpha value is -2.64. The smallest absolute Gasteiger partial charge is 0.251 e. The topological polar surface area (TPSA) is 71.1 Å². The van der Waals surface area contributed by atoms with Gasteiger partial charge >= 0.3 is 0 Å². The number of thiazole rings is 1. The molecular weight excluding hydrogens is 426 g/mol. The minimum atomic E-state index is -0.121. The van der Waals surface area contributed by atoms with Gasteiger partial charge in [0, 0.05) is 40.5 Å². The Kier molecular flexibility index (Phi) is 8.26. The molecule has 0 radical (unpaired) electrons. The van der Waals surface area contributed by atoms with Gasteiger partial charge in [-0.05, 0) is 48.7 Å². The van der Waals surface area contributed by atoms with E-state index in [4.69, 9.17) is 0 Å². The maximum absolute atomic E-state index is 12.5. The Balaban J connectivity index is 1.51. The molecule has 0 aliphatic rings. The van der Waals surface area contributed by atoms with Crippen LogP contribution in [0.2, 0.25) is 0 Å². The number of carbonyl (C=O) groups is 2. The van der Waals surface area contributed by atoms with Gasteiger partial charge in [-0.15, -0.1) is 11.3 Å². The largest absolute Gasteiger partial charge is 0.348 e. The van der Waals surface area contributed by atoms with Crippen LogP contribution in [0.15, 0.2) is 58.3 Å². The summed E-state index contributed by atoms with van der Waals surface area (Å²) < 4.78 is 1.06. The number of anilines is 1. The van der Waals surface area contributed by atoms with Crippen LogP contribution >= 0.6 is 23.1 Å². The highest BCUT2D eigenvalue weighted by Crippen LogP contribution is 2.26. The molecule has 1 heterocycles. The molecule has 2 aromatic carbocycles. The van der Waals surface area contributed by atoms with E-state index in [1.54, 1.807) is 23.1 Å². The minimum absolute atomic E-state index is 0.00642. The summed E-state index contributed by atoms with van der Waals surface area (Å²) in [6, 6.07) is 15.2. The Morgan fingerprint density at radius 3 is 2.58 bits per heavy atom. The van der Waals surface area contributed by atoms with Gasteiger partial charge < -0.3 is 10.6 Å². The molecular formula is C24H27N3O2S2. The zero-order valence-corrected chi connectivity index (χ0v) is 19.6. The van der Waals surface area contributed by atoms with E-state index in [-0.39, 0.29) is 17.7 Å². The maximum atomic E-state index is 12.5. The summed E-state index contributed by atoms with van der Waals surface area (Å²) in [7, 11) is 0. The number of benzene rings is 2. The molecule has 0 aliphatic heterocycles. The van der Waals surface area contributed by atoms with E-state index in [9.17, 15) is 9.59 Å². The van der Waals surface area contributed by atoms with Crippen molar-refractivity contribution >= 4 is 40.6 Å². The van der Waals surface area contributed by atoms with Crippen molar-refractivity contribution in [3.05, 3.63) is 76.3 Å². The number of thioether (sulfide) groups is 1. The molecule has 31 heavy (non-hydrogen) atoms. The second-order valence-corrected chi connectivity index (χ2v) is 9.50. The molecule has 5 nitrogen and oxygen atoms in total. The number of nitrogens with one attached hydrogen (secondary N) is 2. The minimum Gasteiger partial charge on any atom is -0.348 e. The van der Waals surface area contributed by atoms with Gasteiger partial charge in [-0.3, -0.25) is 9.59 Å². The van der Waals surface area contributed by atoms with Gasteiger partial charge in [-0.2, -0.15) is 0 Å². The van der Waals surface area contributed by atoms with Crippen molar-refractivity contribution in [2.75, 3.05) is 5.32 Å². The van der Waals surface area contributed by atoms with Crippen molar-refractivity contribution < 1.29 is 9.59 Å². The summed E-state index contributed by atoms with van der Waals surface area (Å²) >= 11 is 3.35. The van der Waals surface area contributed by atoms with Crippen LogP contribution in [0.25, 0.3) is 0 Å². The van der Waals surface area contributed by atoms with Crippen LogP contribution in [-0.4, -0.2) is 16.8 Å². The SMILES string of the molecule is CCC(C)C(=O)Nc1cccc(CNC(=O)c2ccc(CSc3nc(C)cs3)cc2)c1. The summed E-state index contributed by atoms with van der Waals surface area (Å²) in [6.45, 7) is 6.28. The summed E-state index contributed by atoms with van der Waals surface area (Å²) in [5.41, 5.74) is 4.50. The Morgan fingerprint density at radius 1 is 1.13 bits per heavy atom. The molecule has 3 rings (SSSR count). The summed E-state index contributed by atoms with van der Waals surface area (Å²) in [6.07, 6.45) is 0.795. The van der Waals surface area contributed by atoms with Crippen molar-refractivity contribution in [2.45, 2.75) is 43.8 Å². The highest BCUT2D eigenvalue weighted by Gasteiger charge is 2.11. The highest BCUT2D eigenvalue weighted by molar-refractivity contribution is 8.00. The van der Waals surface area contributed by atoms with E-state index in [1.165, 1.54) is 0 Å². The average molecular weight is 454 g/mol. The van der Waals surface area contributed by atoms with Gasteiger partial charge in [0.05, 0.1) is 0 Å². The molecule has 7 heteroatoms. The van der Waals surface area contributed by atoms with Crippen molar-refractivity contribution in [1.29, 1.82) is 0 Å². The van der Waals surface area contributed by atoms with Crippen LogP contribution < -0.4 is 10.6 Å². The molecule has 0 saturated carbocycles. The maximum Gasteiger partial charge on any atom is 0.251 e. The predicted octanol–water partition coefficient (Wildman–Crippen LogP) is 5.66. The Morgan fingerprint density at radius 2 is 1.90 bits per heavy atom. The van der Waals surface area contributed by atoms with Crippen molar-refractivity contribution in [2.24, 2.45) is 5.92 Å². The lowest BCUT2D eigenvalue weighted by molar-refractivity contribution is -0.119. The normalized spacial score (nSPS) is 11.7. The van der Waals surface area contributed by atoms with E-state index >= 15 is 0 Å². The fourth-order valence-corrected chi connectivity index (χ4v) is 4.60. The highest BCUT2D eigenvalue weighted by atomic mass is 32.2. The number of rotatable bonds is 9. The van der Waals surface area contributed by atoms with Crippen molar-refractivity contribution in [3.8, 4) is 0 Å². The van der Waals surface area contributed by atoms with Crippen molar-refractivity contribution in [1.82, 2.24) is 10.3 Å². The number of nitrogens with zero attached hydrogens (tertiary/aromatic N) is 1. The van der Waals surface area contributed by atoms with E-state index in [2.05, 4.69) is 15.6 Å². The first kappa shape index (κ1) is 23.0. The number of aryl methyl sites for hydroxylation is 1. The summed E-state index contributed by atoms with van der Waals surface area (Å²) in [5.74, 6) is 0.676. The first-order valence-electron chi connectivity index (χ1n) is 10.3. The second-order valence-electron chi connectivity index (χ2n) is 7.42. The number of amides is 2. The fourth-order valence-electron chi connectivity index (χ4n) is 2.79. The van der Waals surface area contributed by atoms with Crippen LogP contribution in [0, 0.1) is 12.8 Å². The van der Waals surface area contributed by atoms with Gasteiger partial charge in [0.15, 0.2) is 0 Å². The predicted molar refractivity (Wildman–Crippen MR) is 129 cm³/mol. The molecule has 3 aromatic rings. The molecule has 0 fully saturated rings. The first-order valence-corrected chi connectivity index (χ1v) is 12.1. The van der Waals surface area contributed by atoms with Crippen molar-refractivity contribution in [3.63, 3.8) is 0 Å². The zero-order chi connectivity index (χ0) is 22.2. The molecule has 2 amide bonds. The van der Waals surface area contributed by atoms with Gasteiger partial charge in [-0.1, -0.05) is 49.9 Å². The molecule has 0 aliphatic carbocycles. The van der Waals surface area contributed by atoms with Crippen LogP contribution in [0.5, 0.6) is 0 Å². The van der Waals surface area contributed by atoms with E-state index in [0.717, 1.165) is 39.0 Å². The number of hydrogen-bond donors (Lipinski definition) is 2. The van der Waals surface area contributed by atoms with Crippen LogP contribution in [-0.2, 0) is 17.1 Å². The third-order valence-corrected chi connectivity index (χ3v) is 7.09.